The lowest BCUT2D eigenvalue weighted by molar-refractivity contribution is -0.144. The van der Waals surface area contributed by atoms with Crippen molar-refractivity contribution < 1.29 is 18.0 Å². The summed E-state index contributed by atoms with van der Waals surface area (Å²) in [6, 6.07) is 9.28. The quantitative estimate of drug-likeness (QED) is 0.815. The molecule has 2 aromatic rings. The van der Waals surface area contributed by atoms with Gasteiger partial charge >= 0.3 is 6.18 Å². The van der Waals surface area contributed by atoms with Crippen LogP contribution in [0.5, 0.6) is 0 Å². The molecule has 0 bridgehead atoms. The first-order valence-electron chi connectivity index (χ1n) is 6.20. The van der Waals surface area contributed by atoms with Crippen LogP contribution in [0.3, 0.4) is 0 Å². The molecule has 0 saturated carbocycles. The second-order valence-electron chi connectivity index (χ2n) is 4.29. The van der Waals surface area contributed by atoms with Crippen molar-refractivity contribution in [2.24, 2.45) is 0 Å². The SMILES string of the molecule is O=C(CSc1nnnn1CC(F)(F)F)NCc1ccccc1. The number of aromatic nitrogens is 4. The highest BCUT2D eigenvalue weighted by Gasteiger charge is 2.30. The van der Waals surface area contributed by atoms with Gasteiger partial charge in [-0.2, -0.15) is 13.2 Å². The van der Waals surface area contributed by atoms with E-state index >= 15 is 0 Å². The fourth-order valence-electron chi connectivity index (χ4n) is 1.55. The van der Waals surface area contributed by atoms with Crippen LogP contribution >= 0.6 is 11.8 Å². The maximum absolute atomic E-state index is 12.3. The van der Waals surface area contributed by atoms with Gasteiger partial charge in [-0.3, -0.25) is 4.79 Å². The van der Waals surface area contributed by atoms with Gasteiger partial charge in [0.05, 0.1) is 5.75 Å². The molecule has 1 aromatic carbocycles. The number of carbonyl (C=O) groups excluding carboxylic acids is 1. The number of alkyl halides is 3. The number of carbonyl (C=O) groups is 1. The number of amides is 1. The summed E-state index contributed by atoms with van der Waals surface area (Å²) >= 11 is 0.852. The number of tetrazole rings is 1. The van der Waals surface area contributed by atoms with Gasteiger partial charge in [-0.05, 0) is 16.0 Å². The number of hydrogen-bond donors (Lipinski definition) is 1. The predicted molar refractivity (Wildman–Crippen MR) is 72.9 cm³/mol. The Kier molecular flexibility index (Phi) is 5.36. The molecule has 0 unspecified atom stereocenters. The van der Waals surface area contributed by atoms with Crippen LogP contribution in [0.4, 0.5) is 13.2 Å². The highest BCUT2D eigenvalue weighted by Crippen LogP contribution is 2.20. The molecule has 1 N–H and O–H groups in total. The highest BCUT2D eigenvalue weighted by atomic mass is 32.2. The third-order valence-corrected chi connectivity index (χ3v) is 3.45. The molecule has 0 atom stereocenters. The summed E-state index contributed by atoms with van der Waals surface area (Å²) in [5.74, 6) is -0.374. The molecule has 1 amide bonds. The molecule has 0 fully saturated rings. The summed E-state index contributed by atoms with van der Waals surface area (Å²) in [6.45, 7) is -0.929. The van der Waals surface area contributed by atoms with E-state index in [-0.39, 0.29) is 16.8 Å². The molecule has 0 aliphatic heterocycles. The normalized spacial score (nSPS) is 11.4. The van der Waals surface area contributed by atoms with Gasteiger partial charge in [0, 0.05) is 6.54 Å². The number of rotatable bonds is 6. The Morgan fingerprint density at radius 3 is 2.68 bits per heavy atom. The number of nitrogens with one attached hydrogen (secondary N) is 1. The number of halogens is 3. The van der Waals surface area contributed by atoms with E-state index in [1.54, 1.807) is 0 Å². The summed E-state index contributed by atoms with van der Waals surface area (Å²) in [4.78, 5) is 11.7. The minimum Gasteiger partial charge on any atom is -0.351 e. The third kappa shape index (κ3) is 5.35. The van der Waals surface area contributed by atoms with Gasteiger partial charge in [-0.1, -0.05) is 42.1 Å². The molecule has 2 rings (SSSR count). The zero-order valence-corrected chi connectivity index (χ0v) is 12.1. The number of hydrogen-bond acceptors (Lipinski definition) is 5. The number of thioether (sulfide) groups is 1. The van der Waals surface area contributed by atoms with Crippen LogP contribution in [0.25, 0.3) is 0 Å². The average Bonchev–Trinajstić information content (AvgIpc) is 2.89. The van der Waals surface area contributed by atoms with E-state index in [1.807, 2.05) is 30.3 Å². The topological polar surface area (TPSA) is 72.7 Å². The fraction of sp³-hybridized carbons (Fsp3) is 0.333. The first-order chi connectivity index (χ1) is 10.4. The molecular formula is C12H12F3N5OS. The Balaban J connectivity index is 1.80. The minimum absolute atomic E-state index is 0.0489. The summed E-state index contributed by atoms with van der Waals surface area (Å²) in [5, 5.41) is 12.5. The lowest BCUT2D eigenvalue weighted by atomic mass is 10.2. The van der Waals surface area contributed by atoms with Gasteiger partial charge < -0.3 is 5.32 Å². The molecule has 0 radical (unpaired) electrons. The second-order valence-corrected chi connectivity index (χ2v) is 5.23. The van der Waals surface area contributed by atoms with Gasteiger partial charge in [-0.25, -0.2) is 4.68 Å². The standard InChI is InChI=1S/C12H12F3N5OS/c13-12(14,15)8-20-11(17-18-19-20)22-7-10(21)16-6-9-4-2-1-3-5-9/h1-5H,6-8H2,(H,16,21). The van der Waals surface area contributed by atoms with Crippen LogP contribution in [0, 0.1) is 0 Å². The van der Waals surface area contributed by atoms with Gasteiger partial charge in [-0.15, -0.1) is 5.10 Å². The Labute approximate surface area is 128 Å². The Bertz CT molecular complexity index is 617. The zero-order chi connectivity index (χ0) is 16.0. The van der Waals surface area contributed by atoms with Crippen molar-refractivity contribution in [3.05, 3.63) is 35.9 Å². The van der Waals surface area contributed by atoms with Crippen LogP contribution in [0.1, 0.15) is 5.56 Å². The minimum atomic E-state index is -4.42. The molecule has 118 valence electrons. The zero-order valence-electron chi connectivity index (χ0n) is 11.2. The van der Waals surface area contributed by atoms with Crippen molar-refractivity contribution in [3.63, 3.8) is 0 Å². The van der Waals surface area contributed by atoms with E-state index in [0.29, 0.717) is 11.2 Å². The predicted octanol–water partition coefficient (Wildman–Crippen LogP) is 1.64. The largest absolute Gasteiger partial charge is 0.408 e. The second kappa shape index (κ2) is 7.25. The third-order valence-electron chi connectivity index (χ3n) is 2.49. The van der Waals surface area contributed by atoms with Gasteiger partial charge in [0.15, 0.2) is 0 Å². The number of nitrogens with zero attached hydrogens (tertiary/aromatic N) is 4. The van der Waals surface area contributed by atoms with Gasteiger partial charge in [0.1, 0.15) is 6.54 Å². The van der Waals surface area contributed by atoms with E-state index < -0.39 is 12.7 Å². The summed E-state index contributed by atoms with van der Waals surface area (Å²) in [6.07, 6.45) is -4.42. The molecular weight excluding hydrogens is 319 g/mol. The Morgan fingerprint density at radius 2 is 2.00 bits per heavy atom. The van der Waals surface area contributed by atoms with Crippen LogP contribution in [0.15, 0.2) is 35.5 Å². The molecule has 0 saturated heterocycles. The molecule has 0 aliphatic carbocycles. The first-order valence-corrected chi connectivity index (χ1v) is 7.19. The summed E-state index contributed by atoms with van der Waals surface area (Å²) in [5.41, 5.74) is 0.933. The van der Waals surface area contributed by atoms with E-state index in [1.165, 1.54) is 0 Å². The van der Waals surface area contributed by atoms with E-state index in [9.17, 15) is 18.0 Å². The van der Waals surface area contributed by atoms with E-state index in [0.717, 1.165) is 17.3 Å². The van der Waals surface area contributed by atoms with Crippen molar-refractivity contribution >= 4 is 17.7 Å². The lowest BCUT2D eigenvalue weighted by Crippen LogP contribution is -2.25. The average molecular weight is 331 g/mol. The summed E-state index contributed by atoms with van der Waals surface area (Å²) in [7, 11) is 0. The van der Waals surface area contributed by atoms with Crippen molar-refractivity contribution in [3.8, 4) is 0 Å². The van der Waals surface area contributed by atoms with Crippen LogP contribution in [-0.2, 0) is 17.9 Å². The lowest BCUT2D eigenvalue weighted by Gasteiger charge is -2.07. The molecule has 6 nitrogen and oxygen atoms in total. The van der Waals surface area contributed by atoms with Gasteiger partial charge in [0.2, 0.25) is 11.1 Å². The van der Waals surface area contributed by atoms with Crippen molar-refractivity contribution in [1.29, 1.82) is 0 Å². The molecule has 22 heavy (non-hydrogen) atoms. The van der Waals surface area contributed by atoms with E-state index in [2.05, 4.69) is 20.8 Å². The number of benzene rings is 1. The van der Waals surface area contributed by atoms with Crippen molar-refractivity contribution in [2.75, 3.05) is 5.75 Å². The highest BCUT2D eigenvalue weighted by molar-refractivity contribution is 7.99. The molecule has 1 heterocycles. The fourth-order valence-corrected chi connectivity index (χ4v) is 2.25. The Hall–Kier alpha value is -2.10. The van der Waals surface area contributed by atoms with E-state index in [4.69, 9.17) is 0 Å². The van der Waals surface area contributed by atoms with Gasteiger partial charge in [0.25, 0.3) is 0 Å². The van der Waals surface area contributed by atoms with Crippen LogP contribution in [-0.4, -0.2) is 38.0 Å². The van der Waals surface area contributed by atoms with Crippen LogP contribution < -0.4 is 5.32 Å². The molecule has 0 spiro atoms. The van der Waals surface area contributed by atoms with Crippen molar-refractivity contribution in [2.45, 2.75) is 24.4 Å². The molecule has 1 aromatic heterocycles. The first kappa shape index (κ1) is 16.3. The van der Waals surface area contributed by atoms with Crippen molar-refractivity contribution in [1.82, 2.24) is 25.5 Å². The Morgan fingerprint density at radius 1 is 1.27 bits per heavy atom. The molecule has 0 aliphatic rings. The maximum Gasteiger partial charge on any atom is 0.408 e. The smallest absolute Gasteiger partial charge is 0.351 e. The molecule has 10 heteroatoms. The monoisotopic (exact) mass is 331 g/mol. The van der Waals surface area contributed by atoms with Crippen LogP contribution in [0.2, 0.25) is 0 Å². The summed E-state index contributed by atoms with van der Waals surface area (Å²) < 4.78 is 37.5. The maximum atomic E-state index is 12.3.